The largest absolute Gasteiger partial charge is 0.812 e. The third kappa shape index (κ3) is 11.4. The van der Waals surface area contributed by atoms with E-state index in [0.717, 1.165) is 10.8 Å². The van der Waals surface area contributed by atoms with E-state index in [-0.39, 0.29) is 48.8 Å². The second-order valence-corrected chi connectivity index (χ2v) is 13.1. The fourth-order valence-corrected chi connectivity index (χ4v) is 5.69. The number of rotatable bonds is 15. The maximum Gasteiger partial charge on any atom is 0.107 e. The minimum absolute atomic E-state index is 0.0114. The van der Waals surface area contributed by atoms with E-state index < -0.39 is 18.9 Å². The van der Waals surface area contributed by atoms with Crippen LogP contribution in [0.25, 0.3) is 0 Å². The van der Waals surface area contributed by atoms with Gasteiger partial charge in [0.1, 0.15) is 20.4 Å². The zero-order valence-corrected chi connectivity index (χ0v) is 24.9. The molecule has 190 valence electrons. The van der Waals surface area contributed by atoms with E-state index in [1.54, 1.807) is 0 Å². The van der Waals surface area contributed by atoms with Crippen molar-refractivity contribution in [3.05, 3.63) is 0 Å². The average Bonchev–Trinajstić information content (AvgIpc) is 3.29. The molecule has 0 amide bonds. The normalized spacial score (nSPS) is 31.6. The molecule has 2 fully saturated rings. The molecule has 2 aliphatic rings. The van der Waals surface area contributed by atoms with Crippen molar-refractivity contribution >= 4 is 69.8 Å². The summed E-state index contributed by atoms with van der Waals surface area (Å²) < 4.78 is 29.8. The lowest BCUT2D eigenvalue weighted by molar-refractivity contribution is -0.325. The number of hydrogen-bond acceptors (Lipinski definition) is 8. The average molecular weight is 622 g/mol. The molecule has 4 radical (unpaired) electrons. The van der Waals surface area contributed by atoms with Gasteiger partial charge in [-0.15, -0.1) is 11.8 Å². The summed E-state index contributed by atoms with van der Waals surface area (Å²) in [4.78, 5) is 23.0. The van der Waals surface area contributed by atoms with Crippen molar-refractivity contribution in [3.8, 4) is 0 Å². The zero-order chi connectivity index (χ0) is 25.5. The first-order valence-electron chi connectivity index (χ1n) is 12.1. The summed E-state index contributed by atoms with van der Waals surface area (Å²) in [6, 6.07) is -0.177. The number of hydrogen-bond donors (Lipinski definition) is 0. The Morgan fingerprint density at radius 2 is 1.44 bits per heavy atom. The smallest absolute Gasteiger partial charge is 0.107 e. The molecule has 0 bridgehead atoms. The molecule has 14 heteroatoms. The minimum atomic E-state index is -4.28. The Labute approximate surface area is 227 Å². The Kier molecular flexibility index (Phi) is 14.0. The van der Waals surface area contributed by atoms with Gasteiger partial charge in [0, 0.05) is 16.4 Å². The molecule has 2 heterocycles. The first-order valence-corrected chi connectivity index (χ1v) is 16.2. The molecule has 2 rings (SSSR count). The van der Waals surface area contributed by atoms with Crippen molar-refractivity contribution in [1.29, 1.82) is 0 Å². The van der Waals surface area contributed by atoms with Gasteiger partial charge >= 0.3 is 0 Å². The van der Waals surface area contributed by atoms with Crippen molar-refractivity contribution in [2.45, 2.75) is 115 Å². The van der Waals surface area contributed by atoms with Crippen LogP contribution in [0, 0.1) is 0 Å². The monoisotopic (exact) mass is 622 g/mol. The molecule has 8 unspecified atom stereocenters. The molecule has 0 N–H and O–H groups in total. The van der Waals surface area contributed by atoms with Crippen LogP contribution in [0.15, 0.2) is 0 Å². The standard InChI is InChI=1S/C20H38B4IO7PS/c1-11(2)28-10-18-16(32-33(26,27)34)8-20(31-18)24-22-14(6)13(5)21-23-19-7-15(29-12(3)4)17(9-25)30-19/h11-20H,7-10H2,1-6H3,(H2,26,27,34)/p-2. The Hall–Kier alpha value is 1.36. The molecule has 2 saturated heterocycles. The highest BCUT2D eigenvalue weighted by atomic mass is 127. The van der Waals surface area contributed by atoms with E-state index in [9.17, 15) is 9.79 Å². The molecular formula is C20H36B4IO7PS-2. The van der Waals surface area contributed by atoms with E-state index in [1.807, 2.05) is 21.0 Å². The molecule has 0 spiro atoms. The van der Waals surface area contributed by atoms with Gasteiger partial charge in [-0.2, -0.15) is 0 Å². The van der Waals surface area contributed by atoms with Gasteiger partial charge < -0.3 is 33.3 Å². The quantitative estimate of drug-likeness (QED) is 0.118. The van der Waals surface area contributed by atoms with Gasteiger partial charge in [0.05, 0.1) is 51.5 Å². The van der Waals surface area contributed by atoms with Crippen LogP contribution in [-0.2, 0) is 35.3 Å². The highest BCUT2D eigenvalue weighted by Gasteiger charge is 2.38. The minimum Gasteiger partial charge on any atom is -0.812 e. The third-order valence-electron chi connectivity index (χ3n) is 6.00. The highest BCUT2D eigenvalue weighted by molar-refractivity contribution is 14.1. The van der Waals surface area contributed by atoms with Crippen LogP contribution in [0.4, 0.5) is 0 Å². The van der Waals surface area contributed by atoms with Crippen molar-refractivity contribution in [1.82, 2.24) is 0 Å². The van der Waals surface area contributed by atoms with Gasteiger partial charge in [0.15, 0.2) is 0 Å². The second-order valence-electron chi connectivity index (χ2n) is 9.74. The van der Waals surface area contributed by atoms with E-state index in [2.05, 4.69) is 83.6 Å². The van der Waals surface area contributed by atoms with Crippen molar-refractivity contribution < 1.29 is 33.3 Å². The van der Waals surface area contributed by atoms with Crippen LogP contribution in [0.5, 0.6) is 0 Å². The Bertz CT molecular complexity index is 650. The van der Waals surface area contributed by atoms with Crippen LogP contribution in [0.3, 0.4) is 0 Å². The Morgan fingerprint density at radius 1 is 0.912 bits per heavy atom. The summed E-state index contributed by atoms with van der Waals surface area (Å²) >= 11 is 6.80. The fourth-order valence-electron chi connectivity index (χ4n) is 4.03. The Morgan fingerprint density at radius 3 is 1.91 bits per heavy atom. The highest BCUT2D eigenvalue weighted by Crippen LogP contribution is 2.35. The summed E-state index contributed by atoms with van der Waals surface area (Å²) in [7, 11) is 8.46. The molecule has 7 nitrogen and oxygen atoms in total. The van der Waals surface area contributed by atoms with E-state index in [1.165, 1.54) is 0 Å². The lowest BCUT2D eigenvalue weighted by Crippen LogP contribution is -2.33. The lowest BCUT2D eigenvalue weighted by atomic mass is 9.23. The van der Waals surface area contributed by atoms with E-state index in [0.29, 0.717) is 12.2 Å². The van der Waals surface area contributed by atoms with Crippen LogP contribution < -0.4 is 9.79 Å². The molecule has 0 saturated carbocycles. The summed E-state index contributed by atoms with van der Waals surface area (Å²) in [5.74, 6) is 0.560. The molecule has 2 aliphatic heterocycles. The maximum absolute atomic E-state index is 11.5. The van der Waals surface area contributed by atoms with Gasteiger partial charge in [-0.1, -0.05) is 54.8 Å². The third-order valence-corrected chi connectivity index (χ3v) is 7.66. The number of halogens is 1. The van der Waals surface area contributed by atoms with E-state index in [4.69, 9.17) is 23.5 Å². The molecule has 0 aromatic heterocycles. The van der Waals surface area contributed by atoms with Crippen molar-refractivity contribution in [3.63, 3.8) is 0 Å². The molecule has 0 aromatic rings. The van der Waals surface area contributed by atoms with E-state index >= 15 is 0 Å². The second kappa shape index (κ2) is 15.1. The summed E-state index contributed by atoms with van der Waals surface area (Å²) in [5.41, 5.74) is 0. The maximum atomic E-state index is 11.5. The zero-order valence-electron chi connectivity index (χ0n) is 21.0. The summed E-state index contributed by atoms with van der Waals surface area (Å²) in [6.45, 7) is 8.26. The van der Waals surface area contributed by atoms with Gasteiger partial charge in [-0.05, 0) is 40.5 Å². The first-order chi connectivity index (χ1) is 15.9. The molecular weight excluding hydrogens is 585 g/mol. The van der Waals surface area contributed by atoms with Crippen LogP contribution >= 0.6 is 29.3 Å². The topological polar surface area (TPSA) is 92.3 Å². The number of alkyl halides is 1. The van der Waals surface area contributed by atoms with Crippen molar-refractivity contribution in [2.24, 2.45) is 0 Å². The molecule has 8 atom stereocenters. The van der Waals surface area contributed by atoms with Crippen LogP contribution in [0.2, 0.25) is 11.6 Å². The number of ether oxygens (including phenoxy) is 4. The molecule has 34 heavy (non-hydrogen) atoms. The summed E-state index contributed by atoms with van der Waals surface area (Å²) in [6.07, 6.45) is 0.674. The van der Waals surface area contributed by atoms with Gasteiger partial charge in [0.25, 0.3) is 0 Å². The van der Waals surface area contributed by atoms with Gasteiger partial charge in [-0.3, -0.25) is 0 Å². The fraction of sp³-hybridized carbons (Fsp3) is 1.00. The van der Waals surface area contributed by atoms with Crippen LogP contribution in [-0.4, -0.2) is 88.3 Å². The van der Waals surface area contributed by atoms with Crippen LogP contribution in [0.1, 0.15) is 54.4 Å². The SMILES string of the molecule is CC(C)OCC1OC([B][B]C(C)C(C)[B][B]C2CC(OC(C)C)C(CI)O2)CC1OP([O-])([O-])=S. The molecule has 0 aromatic carbocycles. The lowest BCUT2D eigenvalue weighted by Gasteiger charge is -2.38. The van der Waals surface area contributed by atoms with Gasteiger partial charge in [0.2, 0.25) is 0 Å². The van der Waals surface area contributed by atoms with Gasteiger partial charge in [-0.25, -0.2) is 0 Å². The Balaban J connectivity index is 1.76. The summed E-state index contributed by atoms with van der Waals surface area (Å²) in [5, 5.41) is 0. The molecule has 0 aliphatic carbocycles. The first kappa shape index (κ1) is 31.6. The van der Waals surface area contributed by atoms with Crippen molar-refractivity contribution in [2.75, 3.05) is 11.0 Å². The predicted octanol–water partition coefficient (Wildman–Crippen LogP) is 1.46. The predicted molar refractivity (Wildman–Crippen MR) is 148 cm³/mol.